The number of fused-ring (bicyclic) bond motifs is 10. The molecule has 1 atom stereocenters. The summed E-state index contributed by atoms with van der Waals surface area (Å²) in [5.74, 6) is 0.106. The van der Waals surface area contributed by atoms with Gasteiger partial charge in [0, 0.05) is 0 Å². The van der Waals surface area contributed by atoms with Gasteiger partial charge in [0.1, 0.15) is 0 Å². The predicted octanol–water partition coefficient (Wildman–Crippen LogP) is 8.86. The first-order valence-corrected chi connectivity index (χ1v) is 19.3. The minimum absolute atomic E-state index is 0.144. The molecule has 0 saturated carbocycles. The maximum atomic E-state index is 14.3. The van der Waals surface area contributed by atoms with Crippen molar-refractivity contribution in [1.29, 1.82) is 0 Å². The number of Topliss-reactive ketones (excluding diaryl/α,β-unsaturated/α-hetero) is 1. The van der Waals surface area contributed by atoms with Crippen molar-refractivity contribution in [2.45, 2.75) is 12.8 Å². The van der Waals surface area contributed by atoms with E-state index in [4.69, 9.17) is 0 Å². The Bertz CT molecular complexity index is 2750. The number of aromatic nitrogens is 2. The molecule has 0 spiro atoms. The molecule has 1 aliphatic heterocycles. The SMILES string of the molecule is O=C1c2ccc(-n3c4ccccc4c4ccccc43)cc2[Te]=C2C=C3Cc4cccc(-n5c6ccccc6c6ccccc65)c4CC3=CC12. The Morgan fingerprint density at radius 3 is 1.80 bits per heavy atom. The molecule has 231 valence electrons. The zero-order chi connectivity index (χ0) is 32.2. The molecule has 8 aromatic rings. The predicted molar refractivity (Wildman–Crippen MR) is 203 cm³/mol. The number of hydrogen-bond donors (Lipinski definition) is 0. The van der Waals surface area contributed by atoms with Crippen LogP contribution in [0.5, 0.6) is 0 Å². The Balaban J connectivity index is 1.02. The fourth-order valence-electron chi connectivity index (χ4n) is 8.59. The number of nitrogens with zero attached hydrogens (tertiary/aromatic N) is 2. The van der Waals surface area contributed by atoms with Gasteiger partial charge in [0.25, 0.3) is 0 Å². The molecule has 49 heavy (non-hydrogen) atoms. The van der Waals surface area contributed by atoms with Crippen LogP contribution in [0.1, 0.15) is 21.5 Å². The molecule has 2 aromatic heterocycles. The van der Waals surface area contributed by atoms with Crippen LogP contribution in [0, 0.1) is 5.92 Å². The third-order valence-electron chi connectivity index (χ3n) is 10.8. The molecule has 0 N–H and O–H groups in total. The Morgan fingerprint density at radius 1 is 0.571 bits per heavy atom. The van der Waals surface area contributed by atoms with Crippen LogP contribution in [0.2, 0.25) is 0 Å². The zero-order valence-electron chi connectivity index (χ0n) is 26.6. The Morgan fingerprint density at radius 2 is 1.16 bits per heavy atom. The van der Waals surface area contributed by atoms with E-state index in [-0.39, 0.29) is 11.7 Å². The van der Waals surface area contributed by atoms with Crippen LogP contribution in [0.25, 0.3) is 55.0 Å². The van der Waals surface area contributed by atoms with Crippen molar-refractivity contribution >= 4 is 77.0 Å². The van der Waals surface area contributed by atoms with Crippen LogP contribution in [0.15, 0.2) is 157 Å². The van der Waals surface area contributed by atoms with Crippen molar-refractivity contribution in [2.24, 2.45) is 5.92 Å². The molecule has 0 saturated heterocycles. The summed E-state index contributed by atoms with van der Waals surface area (Å²) in [5.41, 5.74) is 13.6. The quantitative estimate of drug-likeness (QED) is 0.163. The van der Waals surface area contributed by atoms with Crippen molar-refractivity contribution in [3.05, 3.63) is 173 Å². The van der Waals surface area contributed by atoms with Gasteiger partial charge in [0.2, 0.25) is 0 Å². The van der Waals surface area contributed by atoms with Crippen LogP contribution < -0.4 is 3.61 Å². The van der Waals surface area contributed by atoms with Crippen molar-refractivity contribution < 1.29 is 4.79 Å². The summed E-state index contributed by atoms with van der Waals surface area (Å²) >= 11 is -0.732. The molecule has 6 aromatic carbocycles. The Kier molecular flexibility index (Phi) is 5.85. The van der Waals surface area contributed by atoms with Crippen molar-refractivity contribution in [2.75, 3.05) is 0 Å². The monoisotopic (exact) mass is 743 g/mol. The van der Waals surface area contributed by atoms with E-state index in [1.54, 1.807) is 0 Å². The van der Waals surface area contributed by atoms with Gasteiger partial charge in [0.15, 0.2) is 0 Å². The molecule has 3 nitrogen and oxygen atoms in total. The van der Waals surface area contributed by atoms with Gasteiger partial charge in [-0.05, 0) is 0 Å². The van der Waals surface area contributed by atoms with E-state index < -0.39 is 20.5 Å². The number of hydrogen-bond acceptors (Lipinski definition) is 1. The normalized spacial score (nSPS) is 16.6. The van der Waals surface area contributed by atoms with Gasteiger partial charge in [-0.2, -0.15) is 0 Å². The summed E-state index contributed by atoms with van der Waals surface area (Å²) in [6.45, 7) is 0. The van der Waals surface area contributed by atoms with Crippen LogP contribution in [0.4, 0.5) is 0 Å². The second-order valence-electron chi connectivity index (χ2n) is 13.4. The minimum atomic E-state index is -0.732. The van der Waals surface area contributed by atoms with E-state index in [2.05, 4.69) is 155 Å². The van der Waals surface area contributed by atoms with Crippen LogP contribution in [0.3, 0.4) is 0 Å². The standard InChI is InChI=1S/C45H29N2OTe/c48-45-35-21-20-30(46-38-15-5-1-11-31(38)32-12-2-6-16-39(32)46)26-44(35)49-43-25-28-22-27-10-9-19-42(36(27)23-29(28)24-37(43)45)47-40-17-7-3-13-33(40)34-14-4-8-18-41(34)47/h1-21,24-26,37H,22-23H2. The molecule has 3 heterocycles. The van der Waals surface area contributed by atoms with E-state index in [0.717, 1.165) is 24.1 Å². The number of benzene rings is 6. The van der Waals surface area contributed by atoms with E-state index in [1.165, 1.54) is 78.7 Å². The van der Waals surface area contributed by atoms with Crippen molar-refractivity contribution in [3.63, 3.8) is 0 Å². The fourth-order valence-corrected chi connectivity index (χ4v) is 12.1. The number of rotatable bonds is 2. The first-order chi connectivity index (χ1) is 24.2. The van der Waals surface area contributed by atoms with E-state index in [9.17, 15) is 4.79 Å². The van der Waals surface area contributed by atoms with Gasteiger partial charge in [-0.3, -0.25) is 0 Å². The van der Waals surface area contributed by atoms with Gasteiger partial charge in [-0.15, -0.1) is 0 Å². The number of carbonyl (C=O) groups excluding carboxylic acids is 1. The van der Waals surface area contributed by atoms with Gasteiger partial charge in [-0.25, -0.2) is 0 Å². The zero-order valence-corrected chi connectivity index (χ0v) is 28.9. The Labute approximate surface area is 293 Å². The second kappa shape index (κ2) is 10.4. The first-order valence-electron chi connectivity index (χ1n) is 16.9. The number of carbonyl (C=O) groups is 1. The Hall–Kier alpha value is -5.27. The molecular formula is C45H29N2OTe. The van der Waals surface area contributed by atoms with Crippen LogP contribution in [-0.4, -0.2) is 38.9 Å². The third-order valence-corrected chi connectivity index (χ3v) is 14.1. The van der Waals surface area contributed by atoms with Gasteiger partial charge >= 0.3 is 295 Å². The summed E-state index contributed by atoms with van der Waals surface area (Å²) in [6, 6.07) is 48.1. The summed E-state index contributed by atoms with van der Waals surface area (Å²) in [7, 11) is 0. The molecule has 2 aliphatic carbocycles. The molecule has 1 radical (unpaired) electrons. The summed E-state index contributed by atoms with van der Waals surface area (Å²) in [4.78, 5) is 14.3. The van der Waals surface area contributed by atoms with Crippen LogP contribution >= 0.6 is 0 Å². The van der Waals surface area contributed by atoms with Gasteiger partial charge < -0.3 is 0 Å². The fraction of sp³-hybridized carbons (Fsp3) is 0.0667. The summed E-state index contributed by atoms with van der Waals surface area (Å²) in [6.07, 6.45) is 6.49. The van der Waals surface area contributed by atoms with Crippen LogP contribution in [-0.2, 0) is 12.8 Å². The molecule has 1 unspecified atom stereocenters. The summed E-state index contributed by atoms with van der Waals surface area (Å²) in [5, 5.41) is 5.07. The molecular weight excluding hydrogens is 712 g/mol. The topological polar surface area (TPSA) is 26.9 Å². The second-order valence-corrected chi connectivity index (χ2v) is 16.6. The third kappa shape index (κ3) is 3.96. The number of ketones is 1. The van der Waals surface area contributed by atoms with Gasteiger partial charge in [-0.1, -0.05) is 0 Å². The van der Waals surface area contributed by atoms with E-state index >= 15 is 0 Å². The average molecular weight is 741 g/mol. The molecule has 0 amide bonds. The maximum absolute atomic E-state index is 14.3. The van der Waals surface area contributed by atoms with Crippen molar-refractivity contribution in [3.8, 4) is 11.4 Å². The molecule has 0 bridgehead atoms. The number of allylic oxidation sites excluding steroid dienone is 4. The molecule has 0 fully saturated rings. The number of para-hydroxylation sites is 4. The molecule has 3 aliphatic rings. The molecule has 11 rings (SSSR count). The van der Waals surface area contributed by atoms with Crippen molar-refractivity contribution in [1.82, 2.24) is 9.13 Å². The summed E-state index contributed by atoms with van der Waals surface area (Å²) < 4.78 is 7.41. The van der Waals surface area contributed by atoms with Gasteiger partial charge in [0.05, 0.1) is 0 Å². The average Bonchev–Trinajstić information content (AvgIpc) is 3.66. The first kappa shape index (κ1) is 27.7. The molecule has 4 heteroatoms. The van der Waals surface area contributed by atoms with E-state index in [1.807, 2.05) is 0 Å². The van der Waals surface area contributed by atoms with E-state index in [0.29, 0.717) is 0 Å².